The molecule has 5 nitrogen and oxygen atoms in total. The minimum absolute atomic E-state index is 0.155. The molecule has 0 aromatic heterocycles. The molecule has 0 atom stereocenters. The molecule has 0 fully saturated rings. The van der Waals surface area contributed by atoms with Gasteiger partial charge in [-0.3, -0.25) is 4.79 Å². The highest BCUT2D eigenvalue weighted by Gasteiger charge is 2.10. The molecule has 0 saturated carbocycles. The van der Waals surface area contributed by atoms with E-state index in [1.54, 1.807) is 26.0 Å². The zero-order valence-electron chi connectivity index (χ0n) is 10.8. The van der Waals surface area contributed by atoms with Crippen LogP contribution in [0.2, 0.25) is 0 Å². The van der Waals surface area contributed by atoms with Gasteiger partial charge in [0.2, 0.25) is 5.91 Å². The predicted molar refractivity (Wildman–Crippen MR) is 72.2 cm³/mol. The number of carbonyl (C=O) groups excluding carboxylic acids is 1. The molecule has 0 unspecified atom stereocenters. The van der Waals surface area contributed by atoms with Crippen LogP contribution in [0.15, 0.2) is 17.0 Å². The van der Waals surface area contributed by atoms with E-state index < -0.39 is 0 Å². The number of carbonyl (C=O) groups is 1. The number of methoxy groups -OCH3 is 2. The van der Waals surface area contributed by atoms with E-state index in [2.05, 4.69) is 5.32 Å². The molecule has 100 valence electrons. The zero-order valence-corrected chi connectivity index (χ0v) is 11.6. The summed E-state index contributed by atoms with van der Waals surface area (Å²) in [5.74, 6) is 0.993. The van der Waals surface area contributed by atoms with Crippen LogP contribution in [-0.4, -0.2) is 32.9 Å². The Bertz CT molecular complexity index is 424. The lowest BCUT2D eigenvalue weighted by molar-refractivity contribution is -0.117. The topological polar surface area (TPSA) is 73.6 Å². The fraction of sp³-hybridized carbons (Fsp3) is 0.417. The van der Waals surface area contributed by atoms with Crippen molar-refractivity contribution in [3.8, 4) is 11.5 Å². The summed E-state index contributed by atoms with van der Waals surface area (Å²) < 4.78 is 10.5. The van der Waals surface area contributed by atoms with Crippen molar-refractivity contribution in [3.05, 3.63) is 17.7 Å². The first-order valence-electron chi connectivity index (χ1n) is 5.40. The fourth-order valence-electron chi connectivity index (χ4n) is 1.55. The molecule has 18 heavy (non-hydrogen) atoms. The van der Waals surface area contributed by atoms with Gasteiger partial charge in [0.25, 0.3) is 0 Å². The molecule has 3 N–H and O–H groups in total. The monoisotopic (exact) mass is 270 g/mol. The molecule has 1 aromatic carbocycles. The molecule has 1 aromatic rings. The third-order valence-corrected chi connectivity index (χ3v) is 3.22. The Labute approximate surface area is 111 Å². The maximum atomic E-state index is 10.7. The third kappa shape index (κ3) is 3.82. The largest absolute Gasteiger partial charge is 0.493 e. The summed E-state index contributed by atoms with van der Waals surface area (Å²) in [5, 5.41) is 2.98. The number of thioether (sulfide) groups is 1. The van der Waals surface area contributed by atoms with Gasteiger partial charge in [-0.05, 0) is 24.0 Å². The molecular formula is C12H18N2O3S. The summed E-state index contributed by atoms with van der Waals surface area (Å²) in [6, 6.07) is 3.82. The lowest BCUT2D eigenvalue weighted by Gasteiger charge is -2.13. The molecule has 0 aliphatic rings. The second kappa shape index (κ2) is 7.13. The van der Waals surface area contributed by atoms with Gasteiger partial charge in [0.15, 0.2) is 11.5 Å². The summed E-state index contributed by atoms with van der Waals surface area (Å²) in [7, 11) is 3.20. The molecule has 0 spiro atoms. The van der Waals surface area contributed by atoms with Crippen LogP contribution in [0.3, 0.4) is 0 Å². The minimum atomic E-state index is -0.374. The number of amides is 1. The van der Waals surface area contributed by atoms with Gasteiger partial charge in [-0.15, -0.1) is 11.8 Å². The number of benzene rings is 1. The van der Waals surface area contributed by atoms with E-state index >= 15 is 0 Å². The van der Waals surface area contributed by atoms with Crippen LogP contribution < -0.4 is 20.5 Å². The lowest BCUT2D eigenvalue weighted by atomic mass is 10.2. The molecule has 0 aliphatic carbocycles. The van der Waals surface area contributed by atoms with E-state index in [4.69, 9.17) is 15.2 Å². The van der Waals surface area contributed by atoms with Crippen LogP contribution >= 0.6 is 11.8 Å². The Morgan fingerprint density at radius 3 is 2.44 bits per heavy atom. The number of nitrogens with two attached hydrogens (primary N) is 1. The van der Waals surface area contributed by atoms with Crippen molar-refractivity contribution in [1.82, 2.24) is 5.32 Å². The lowest BCUT2D eigenvalue weighted by Crippen LogP contribution is -2.28. The summed E-state index contributed by atoms with van der Waals surface area (Å²) in [6.45, 7) is 0.710. The van der Waals surface area contributed by atoms with E-state index in [9.17, 15) is 4.79 Å². The summed E-state index contributed by atoms with van der Waals surface area (Å²) in [6.07, 6.45) is 1.98. The Morgan fingerprint density at radius 1 is 1.33 bits per heavy atom. The van der Waals surface area contributed by atoms with Crippen molar-refractivity contribution in [3.63, 3.8) is 0 Å². The van der Waals surface area contributed by atoms with Crippen LogP contribution in [0.25, 0.3) is 0 Å². The molecular weight excluding hydrogens is 252 g/mol. The van der Waals surface area contributed by atoms with Gasteiger partial charge < -0.3 is 20.5 Å². The Balaban J connectivity index is 2.91. The number of nitrogens with one attached hydrogen (secondary N) is 1. The van der Waals surface area contributed by atoms with Crippen molar-refractivity contribution < 1.29 is 14.3 Å². The minimum Gasteiger partial charge on any atom is -0.493 e. The highest BCUT2D eigenvalue weighted by atomic mass is 32.2. The van der Waals surface area contributed by atoms with Gasteiger partial charge in [-0.2, -0.15) is 0 Å². The fourth-order valence-corrected chi connectivity index (χ4v) is 2.17. The van der Waals surface area contributed by atoms with Gasteiger partial charge >= 0.3 is 0 Å². The van der Waals surface area contributed by atoms with Gasteiger partial charge in [-0.1, -0.05) is 0 Å². The van der Waals surface area contributed by atoms with Crippen LogP contribution in [0.5, 0.6) is 11.5 Å². The maximum absolute atomic E-state index is 10.7. The zero-order chi connectivity index (χ0) is 13.5. The van der Waals surface area contributed by atoms with E-state index in [1.165, 1.54) is 0 Å². The van der Waals surface area contributed by atoms with Crippen LogP contribution in [0.4, 0.5) is 0 Å². The first kappa shape index (κ1) is 14.7. The van der Waals surface area contributed by atoms with E-state index in [-0.39, 0.29) is 12.5 Å². The van der Waals surface area contributed by atoms with Gasteiger partial charge in [0.05, 0.1) is 20.8 Å². The number of ether oxygens (including phenoxy) is 2. The maximum Gasteiger partial charge on any atom is 0.231 e. The molecule has 1 rings (SSSR count). The normalized spacial score (nSPS) is 10.2. The third-order valence-electron chi connectivity index (χ3n) is 2.40. The van der Waals surface area contributed by atoms with Crippen molar-refractivity contribution in [2.45, 2.75) is 11.4 Å². The molecule has 0 aliphatic heterocycles. The SMILES string of the molecule is COc1cc(CNCC(N)=O)c(SC)cc1OC. The molecule has 0 bridgehead atoms. The van der Waals surface area contributed by atoms with Crippen molar-refractivity contribution in [1.29, 1.82) is 0 Å². The number of rotatable bonds is 7. The van der Waals surface area contributed by atoms with Crippen molar-refractivity contribution >= 4 is 17.7 Å². The second-order valence-corrected chi connectivity index (χ2v) is 4.44. The van der Waals surface area contributed by atoms with Gasteiger partial charge in [0, 0.05) is 11.4 Å². The molecule has 0 saturated heterocycles. The van der Waals surface area contributed by atoms with E-state index in [0.29, 0.717) is 18.0 Å². The smallest absolute Gasteiger partial charge is 0.231 e. The van der Waals surface area contributed by atoms with Crippen LogP contribution in [0.1, 0.15) is 5.56 Å². The highest BCUT2D eigenvalue weighted by molar-refractivity contribution is 7.98. The van der Waals surface area contributed by atoms with Crippen molar-refractivity contribution in [2.24, 2.45) is 5.73 Å². The molecule has 0 heterocycles. The molecule has 6 heteroatoms. The standard InChI is InChI=1S/C12H18N2O3S/c1-16-9-4-8(6-14-7-12(13)15)11(18-3)5-10(9)17-2/h4-5,14H,6-7H2,1-3H3,(H2,13,15). The highest BCUT2D eigenvalue weighted by Crippen LogP contribution is 2.34. The molecule has 1 amide bonds. The second-order valence-electron chi connectivity index (χ2n) is 3.59. The Kier molecular flexibility index (Phi) is 5.80. The quantitative estimate of drug-likeness (QED) is 0.723. The Hall–Kier alpha value is -1.40. The number of hydrogen-bond donors (Lipinski definition) is 2. The van der Waals surface area contributed by atoms with E-state index in [0.717, 1.165) is 10.5 Å². The number of hydrogen-bond acceptors (Lipinski definition) is 5. The number of primary amides is 1. The van der Waals surface area contributed by atoms with Gasteiger partial charge in [-0.25, -0.2) is 0 Å². The Morgan fingerprint density at radius 2 is 1.94 bits per heavy atom. The van der Waals surface area contributed by atoms with Gasteiger partial charge in [0.1, 0.15) is 0 Å². The van der Waals surface area contributed by atoms with Crippen molar-refractivity contribution in [2.75, 3.05) is 27.0 Å². The van der Waals surface area contributed by atoms with Crippen LogP contribution in [-0.2, 0) is 11.3 Å². The molecule has 0 radical (unpaired) electrons. The first-order chi connectivity index (χ1) is 8.62. The summed E-state index contributed by atoms with van der Waals surface area (Å²) >= 11 is 1.61. The predicted octanol–water partition coefficient (Wildman–Crippen LogP) is 1.00. The van der Waals surface area contributed by atoms with E-state index in [1.807, 2.05) is 18.4 Å². The van der Waals surface area contributed by atoms with Crippen LogP contribution in [0, 0.1) is 0 Å². The first-order valence-corrected chi connectivity index (χ1v) is 6.62. The summed E-state index contributed by atoms with van der Waals surface area (Å²) in [4.78, 5) is 11.8. The average molecular weight is 270 g/mol. The summed E-state index contributed by atoms with van der Waals surface area (Å²) in [5.41, 5.74) is 6.12. The average Bonchev–Trinajstić information content (AvgIpc) is 2.37.